The summed E-state index contributed by atoms with van der Waals surface area (Å²) in [7, 11) is 1.99. The second-order valence-corrected chi connectivity index (χ2v) is 3.38. The van der Waals surface area contributed by atoms with Crippen molar-refractivity contribution in [3.8, 4) is 0 Å². The van der Waals surface area contributed by atoms with Crippen LogP contribution in [-0.4, -0.2) is 30.2 Å². The van der Waals surface area contributed by atoms with E-state index in [1.54, 1.807) is 0 Å². The van der Waals surface area contributed by atoms with Crippen molar-refractivity contribution < 1.29 is 5.76 Å². The second-order valence-electron chi connectivity index (χ2n) is 3.38. The van der Waals surface area contributed by atoms with E-state index in [0.717, 1.165) is 19.3 Å². The van der Waals surface area contributed by atoms with Crippen LogP contribution in [0.5, 0.6) is 0 Å². The van der Waals surface area contributed by atoms with Crippen LogP contribution in [0.4, 0.5) is 4.39 Å². The monoisotopic (exact) mass is 144 g/mol. The standard InChI is InChI=1S/C8H14FN/c1-10-6-2-4-7(9)8(10)5-3-6/h6-8H,2-5H2,1H3/t6-,7-,8-/m0/s1/i4D/t4-,6+,7+,8+/m1. The van der Waals surface area contributed by atoms with Gasteiger partial charge in [0, 0.05) is 13.5 Å². The number of hydrogen-bond acceptors (Lipinski definition) is 1. The summed E-state index contributed by atoms with van der Waals surface area (Å²) in [6.07, 6.45) is 1.42. The van der Waals surface area contributed by atoms with Crippen molar-refractivity contribution in [3.63, 3.8) is 0 Å². The summed E-state index contributed by atoms with van der Waals surface area (Å²) in [6, 6.07) is 0.547. The Bertz CT molecular complexity index is 164. The molecule has 2 heteroatoms. The van der Waals surface area contributed by atoms with Crippen LogP contribution in [0.25, 0.3) is 0 Å². The summed E-state index contributed by atoms with van der Waals surface area (Å²) in [5, 5.41) is 0. The Labute approximate surface area is 62.6 Å². The minimum absolute atomic E-state index is 0.0521. The van der Waals surface area contributed by atoms with Gasteiger partial charge in [-0.1, -0.05) is 0 Å². The van der Waals surface area contributed by atoms with E-state index in [4.69, 9.17) is 1.37 Å². The molecular weight excluding hydrogens is 129 g/mol. The van der Waals surface area contributed by atoms with Crippen LogP contribution < -0.4 is 0 Å². The Morgan fingerprint density at radius 1 is 1.50 bits per heavy atom. The van der Waals surface area contributed by atoms with Gasteiger partial charge in [-0.05, 0) is 32.7 Å². The molecule has 0 saturated carbocycles. The molecule has 58 valence electrons. The summed E-state index contributed by atoms with van der Waals surface area (Å²) in [6.45, 7) is 0. The molecule has 1 nitrogen and oxygen atoms in total. The average Bonchev–Trinajstić information content (AvgIpc) is 2.23. The lowest BCUT2D eigenvalue weighted by molar-refractivity contribution is 0.0896. The molecule has 2 bridgehead atoms. The van der Waals surface area contributed by atoms with Crippen LogP contribution in [0.15, 0.2) is 0 Å². The average molecular weight is 144 g/mol. The Hall–Kier alpha value is -0.110. The van der Waals surface area contributed by atoms with Crippen LogP contribution in [-0.2, 0) is 0 Å². The van der Waals surface area contributed by atoms with E-state index in [1.165, 1.54) is 0 Å². The Morgan fingerprint density at radius 2 is 2.30 bits per heavy atom. The van der Waals surface area contributed by atoms with Crippen LogP contribution in [0, 0.1) is 0 Å². The summed E-state index contributed by atoms with van der Waals surface area (Å²) in [5.74, 6) is 0. The first kappa shape index (κ1) is 5.53. The zero-order valence-corrected chi connectivity index (χ0v) is 6.26. The van der Waals surface area contributed by atoms with E-state index in [2.05, 4.69) is 4.90 Å². The first-order valence-corrected chi connectivity index (χ1v) is 3.98. The summed E-state index contributed by atoms with van der Waals surface area (Å²) in [4.78, 5) is 2.12. The van der Waals surface area contributed by atoms with Crippen molar-refractivity contribution >= 4 is 0 Å². The fraction of sp³-hybridized carbons (Fsp3) is 1.00. The zero-order valence-electron chi connectivity index (χ0n) is 7.26. The SMILES string of the molecule is [2H][C@@H]1C[C@H]2CC[C@@H]([C@H]1F)N2C. The van der Waals surface area contributed by atoms with Crippen molar-refractivity contribution in [1.82, 2.24) is 4.90 Å². The molecule has 0 radical (unpaired) electrons. The molecular formula is C8H14FN. The topological polar surface area (TPSA) is 3.24 Å². The van der Waals surface area contributed by atoms with Gasteiger partial charge >= 0.3 is 0 Å². The predicted octanol–water partition coefficient (Wildman–Crippen LogP) is 1.58. The van der Waals surface area contributed by atoms with Gasteiger partial charge < -0.3 is 0 Å². The number of alkyl halides is 1. The van der Waals surface area contributed by atoms with Crippen LogP contribution in [0.3, 0.4) is 0 Å². The quantitative estimate of drug-likeness (QED) is 0.499. The van der Waals surface area contributed by atoms with Gasteiger partial charge in [-0.2, -0.15) is 0 Å². The van der Waals surface area contributed by atoms with Gasteiger partial charge in [0.05, 0.1) is 0 Å². The van der Waals surface area contributed by atoms with Crippen LogP contribution >= 0.6 is 0 Å². The highest BCUT2D eigenvalue weighted by Crippen LogP contribution is 2.35. The summed E-state index contributed by atoms with van der Waals surface area (Å²) >= 11 is 0. The van der Waals surface area contributed by atoms with Crippen LogP contribution in [0.1, 0.15) is 27.0 Å². The maximum atomic E-state index is 13.3. The van der Waals surface area contributed by atoms with Gasteiger partial charge in [0.2, 0.25) is 0 Å². The van der Waals surface area contributed by atoms with E-state index in [-0.39, 0.29) is 6.04 Å². The predicted molar refractivity (Wildman–Crippen MR) is 38.7 cm³/mol. The molecule has 2 aliphatic heterocycles. The minimum atomic E-state index is -0.904. The molecule has 10 heavy (non-hydrogen) atoms. The summed E-state index contributed by atoms with van der Waals surface area (Å²) < 4.78 is 20.8. The molecule has 2 fully saturated rings. The molecule has 0 N–H and O–H groups in total. The van der Waals surface area contributed by atoms with Gasteiger partial charge in [-0.3, -0.25) is 4.90 Å². The molecule has 0 spiro atoms. The van der Waals surface area contributed by atoms with Crippen molar-refractivity contribution in [2.45, 2.75) is 43.9 Å². The first-order chi connectivity index (χ1) is 5.20. The summed E-state index contributed by atoms with van der Waals surface area (Å²) in [5.41, 5.74) is 0. The molecule has 0 aromatic heterocycles. The third-order valence-electron chi connectivity index (χ3n) is 2.90. The highest BCUT2D eigenvalue weighted by molar-refractivity contribution is 4.94. The van der Waals surface area contributed by atoms with Gasteiger partial charge in [0.25, 0.3) is 0 Å². The molecule has 0 aromatic carbocycles. The molecule has 0 aliphatic carbocycles. The number of piperidine rings is 1. The fourth-order valence-corrected chi connectivity index (χ4v) is 2.15. The Morgan fingerprint density at radius 3 is 3.10 bits per heavy atom. The minimum Gasteiger partial charge on any atom is -0.298 e. The van der Waals surface area contributed by atoms with Crippen molar-refractivity contribution in [3.05, 3.63) is 0 Å². The normalized spacial score (nSPS) is 56.8. The van der Waals surface area contributed by atoms with Crippen LogP contribution in [0.2, 0.25) is 0 Å². The maximum Gasteiger partial charge on any atom is 0.116 e. The van der Waals surface area contributed by atoms with Gasteiger partial charge in [0.1, 0.15) is 6.17 Å². The molecule has 4 atom stereocenters. The van der Waals surface area contributed by atoms with E-state index >= 15 is 0 Å². The maximum absolute atomic E-state index is 13.3. The lowest BCUT2D eigenvalue weighted by Gasteiger charge is -2.33. The van der Waals surface area contributed by atoms with Crippen molar-refractivity contribution in [2.75, 3.05) is 7.05 Å². The third kappa shape index (κ3) is 0.782. The molecule has 2 aliphatic rings. The number of halogens is 1. The smallest absolute Gasteiger partial charge is 0.116 e. The van der Waals surface area contributed by atoms with E-state index < -0.39 is 12.6 Å². The largest absolute Gasteiger partial charge is 0.298 e. The molecule has 2 saturated heterocycles. The Kier molecular flexibility index (Phi) is 1.21. The van der Waals surface area contributed by atoms with E-state index in [0.29, 0.717) is 6.04 Å². The number of hydrogen-bond donors (Lipinski definition) is 0. The number of rotatable bonds is 0. The number of fused-ring (bicyclic) bond motifs is 2. The second kappa shape index (κ2) is 2.19. The fourth-order valence-electron chi connectivity index (χ4n) is 2.15. The van der Waals surface area contributed by atoms with Gasteiger partial charge in [-0.25, -0.2) is 4.39 Å². The lowest BCUT2D eigenvalue weighted by atomic mass is 10.0. The molecule has 0 unspecified atom stereocenters. The van der Waals surface area contributed by atoms with Gasteiger partial charge in [-0.15, -0.1) is 0 Å². The third-order valence-corrected chi connectivity index (χ3v) is 2.90. The lowest BCUT2D eigenvalue weighted by Crippen LogP contribution is -2.42. The molecule has 2 heterocycles. The molecule has 0 amide bonds. The van der Waals surface area contributed by atoms with E-state index in [1.807, 2.05) is 7.05 Å². The number of nitrogens with zero attached hydrogens (tertiary/aromatic N) is 1. The van der Waals surface area contributed by atoms with Crippen molar-refractivity contribution in [1.29, 1.82) is 0 Å². The zero-order chi connectivity index (χ0) is 8.01. The highest BCUT2D eigenvalue weighted by Gasteiger charge is 2.39. The van der Waals surface area contributed by atoms with Gasteiger partial charge in [0.15, 0.2) is 0 Å². The van der Waals surface area contributed by atoms with Crippen molar-refractivity contribution in [2.24, 2.45) is 0 Å². The molecule has 0 aromatic rings. The highest BCUT2D eigenvalue weighted by atomic mass is 19.1. The first-order valence-electron chi connectivity index (χ1n) is 4.56. The molecule has 2 rings (SSSR count). The Balaban J connectivity index is 2.16. The van der Waals surface area contributed by atoms with E-state index in [9.17, 15) is 4.39 Å².